The molecule has 0 radical (unpaired) electrons. The van der Waals surface area contributed by atoms with Crippen molar-refractivity contribution in [1.29, 1.82) is 0 Å². The number of anilines is 1. The van der Waals surface area contributed by atoms with E-state index in [-0.39, 0.29) is 23.7 Å². The van der Waals surface area contributed by atoms with Gasteiger partial charge in [-0.25, -0.2) is 0 Å². The average Bonchev–Trinajstić information content (AvgIpc) is 3.05. The summed E-state index contributed by atoms with van der Waals surface area (Å²) in [6.45, 7) is 7.66. The Morgan fingerprint density at radius 2 is 1.96 bits per heavy atom. The molecule has 1 aromatic rings. The quantitative estimate of drug-likeness (QED) is 0.894. The number of aryl methyl sites for hydroxylation is 1. The fraction of sp³-hybridized carbons (Fsp3) is 0.611. The molecule has 2 aliphatic rings. The molecule has 2 aliphatic heterocycles. The maximum Gasteiger partial charge on any atom is 0.232 e. The number of nitrogens with one attached hydrogen (secondary N) is 1. The maximum absolute atomic E-state index is 13.0. The van der Waals surface area contributed by atoms with Crippen LogP contribution in [0.2, 0.25) is 0 Å². The fourth-order valence-electron chi connectivity index (χ4n) is 3.79. The molecule has 1 N–H and O–H groups in total. The Kier molecular flexibility index (Phi) is 6.49. The van der Waals surface area contributed by atoms with Crippen LogP contribution in [-0.2, 0) is 9.53 Å². The van der Waals surface area contributed by atoms with E-state index < -0.39 is 0 Å². The van der Waals surface area contributed by atoms with E-state index in [2.05, 4.69) is 41.4 Å². The average molecular weight is 354 g/mol. The Labute approximate surface area is 150 Å². The zero-order valence-electron chi connectivity index (χ0n) is 14.6. The van der Waals surface area contributed by atoms with E-state index in [9.17, 15) is 4.79 Å². The Hall–Kier alpha value is -1.30. The number of hydrogen-bond acceptors (Lipinski definition) is 4. The Morgan fingerprint density at radius 3 is 2.54 bits per heavy atom. The normalized spacial score (nSPS) is 23.9. The summed E-state index contributed by atoms with van der Waals surface area (Å²) >= 11 is 0. The molecule has 1 aromatic carbocycles. The summed E-state index contributed by atoms with van der Waals surface area (Å²) in [7, 11) is 1.68. The third-order valence-electron chi connectivity index (χ3n) is 5.14. The van der Waals surface area contributed by atoms with Crippen LogP contribution < -0.4 is 10.2 Å². The summed E-state index contributed by atoms with van der Waals surface area (Å²) in [6.07, 6.45) is 0.873. The molecule has 1 unspecified atom stereocenters. The highest BCUT2D eigenvalue weighted by molar-refractivity contribution is 5.85. The zero-order valence-corrected chi connectivity index (χ0v) is 15.4. The number of nitrogens with zero attached hydrogens (tertiary/aromatic N) is 2. The van der Waals surface area contributed by atoms with Gasteiger partial charge in [-0.2, -0.15) is 0 Å². The summed E-state index contributed by atoms with van der Waals surface area (Å²) in [5.74, 6) is 0.258. The van der Waals surface area contributed by atoms with E-state index in [1.165, 1.54) is 11.3 Å². The molecule has 0 spiro atoms. The molecule has 24 heavy (non-hydrogen) atoms. The van der Waals surface area contributed by atoms with Crippen LogP contribution in [0.15, 0.2) is 24.3 Å². The van der Waals surface area contributed by atoms with E-state index in [1.807, 2.05) is 4.90 Å². The summed E-state index contributed by atoms with van der Waals surface area (Å²) < 4.78 is 5.35. The van der Waals surface area contributed by atoms with Crippen LogP contribution in [0.25, 0.3) is 0 Å². The van der Waals surface area contributed by atoms with Gasteiger partial charge in [0.25, 0.3) is 0 Å². The van der Waals surface area contributed by atoms with Crippen LogP contribution >= 0.6 is 12.4 Å². The van der Waals surface area contributed by atoms with Crippen molar-refractivity contribution in [2.24, 2.45) is 5.41 Å². The van der Waals surface area contributed by atoms with Gasteiger partial charge in [-0.1, -0.05) is 18.2 Å². The standard InChI is InChI=1S/C18H27N3O2.ClH/c1-15-5-3-4-6-16(15)20-9-11-21(12-10-20)17(22)18(14-23-2)7-8-19-13-18;/h3-6,19H,7-14H2,1-2H3;1H. The van der Waals surface area contributed by atoms with Gasteiger partial charge < -0.3 is 19.9 Å². The van der Waals surface area contributed by atoms with Gasteiger partial charge in [-0.15, -0.1) is 12.4 Å². The molecule has 2 fully saturated rings. The van der Waals surface area contributed by atoms with Gasteiger partial charge in [0.05, 0.1) is 12.0 Å². The first kappa shape index (κ1) is 19.0. The van der Waals surface area contributed by atoms with Gasteiger partial charge in [0.1, 0.15) is 0 Å². The minimum Gasteiger partial charge on any atom is -0.384 e. The molecular formula is C18H28ClN3O2. The number of amides is 1. The number of methoxy groups -OCH3 is 1. The lowest BCUT2D eigenvalue weighted by molar-refractivity contribution is -0.144. The zero-order chi connectivity index (χ0) is 16.3. The molecule has 2 saturated heterocycles. The smallest absolute Gasteiger partial charge is 0.232 e. The maximum atomic E-state index is 13.0. The van der Waals surface area contributed by atoms with Crippen molar-refractivity contribution in [1.82, 2.24) is 10.2 Å². The topological polar surface area (TPSA) is 44.8 Å². The number of piperazine rings is 1. The van der Waals surface area contributed by atoms with Crippen LogP contribution in [0.4, 0.5) is 5.69 Å². The molecule has 2 heterocycles. The highest BCUT2D eigenvalue weighted by atomic mass is 35.5. The van der Waals surface area contributed by atoms with Crippen LogP contribution in [0.1, 0.15) is 12.0 Å². The number of hydrogen-bond donors (Lipinski definition) is 1. The highest BCUT2D eigenvalue weighted by Gasteiger charge is 2.44. The number of carbonyl (C=O) groups is 1. The number of benzene rings is 1. The van der Waals surface area contributed by atoms with Crippen molar-refractivity contribution in [3.8, 4) is 0 Å². The molecule has 5 nitrogen and oxygen atoms in total. The van der Waals surface area contributed by atoms with Crippen molar-refractivity contribution in [2.75, 3.05) is 57.9 Å². The number of para-hydroxylation sites is 1. The molecular weight excluding hydrogens is 326 g/mol. The molecule has 0 aliphatic carbocycles. The van der Waals surface area contributed by atoms with E-state index in [0.717, 1.165) is 45.7 Å². The van der Waals surface area contributed by atoms with Gasteiger partial charge >= 0.3 is 0 Å². The van der Waals surface area contributed by atoms with Crippen molar-refractivity contribution in [3.63, 3.8) is 0 Å². The number of rotatable bonds is 4. The summed E-state index contributed by atoms with van der Waals surface area (Å²) in [6, 6.07) is 8.46. The second-order valence-electron chi connectivity index (χ2n) is 6.71. The van der Waals surface area contributed by atoms with Gasteiger partial charge in [0, 0.05) is 45.5 Å². The van der Waals surface area contributed by atoms with Crippen molar-refractivity contribution in [2.45, 2.75) is 13.3 Å². The Bertz CT molecular complexity index is 553. The third kappa shape index (κ3) is 3.68. The summed E-state index contributed by atoms with van der Waals surface area (Å²) in [4.78, 5) is 17.4. The van der Waals surface area contributed by atoms with Crippen LogP contribution in [0, 0.1) is 12.3 Å². The lowest BCUT2D eigenvalue weighted by atomic mass is 9.86. The first-order chi connectivity index (χ1) is 11.2. The van der Waals surface area contributed by atoms with Gasteiger partial charge in [0.15, 0.2) is 0 Å². The number of ether oxygens (including phenoxy) is 1. The van der Waals surface area contributed by atoms with E-state index in [4.69, 9.17) is 4.74 Å². The van der Waals surface area contributed by atoms with E-state index >= 15 is 0 Å². The largest absolute Gasteiger partial charge is 0.384 e. The molecule has 1 amide bonds. The van der Waals surface area contributed by atoms with E-state index in [0.29, 0.717) is 6.61 Å². The first-order valence-corrected chi connectivity index (χ1v) is 8.46. The summed E-state index contributed by atoms with van der Waals surface area (Å²) in [5, 5.41) is 3.32. The van der Waals surface area contributed by atoms with Gasteiger partial charge in [0.2, 0.25) is 5.91 Å². The third-order valence-corrected chi connectivity index (χ3v) is 5.14. The minimum absolute atomic E-state index is 0. The molecule has 0 saturated carbocycles. The second-order valence-corrected chi connectivity index (χ2v) is 6.71. The fourth-order valence-corrected chi connectivity index (χ4v) is 3.79. The van der Waals surface area contributed by atoms with Crippen molar-refractivity contribution >= 4 is 24.0 Å². The molecule has 0 aromatic heterocycles. The molecule has 6 heteroatoms. The molecule has 134 valence electrons. The predicted octanol–water partition coefficient (Wildman–Crippen LogP) is 1.69. The second kappa shape index (κ2) is 8.19. The molecule has 0 bridgehead atoms. The Morgan fingerprint density at radius 1 is 1.25 bits per heavy atom. The number of carbonyl (C=O) groups excluding carboxylic acids is 1. The monoisotopic (exact) mass is 353 g/mol. The van der Waals surface area contributed by atoms with Crippen LogP contribution in [0.3, 0.4) is 0 Å². The highest BCUT2D eigenvalue weighted by Crippen LogP contribution is 2.30. The van der Waals surface area contributed by atoms with Gasteiger partial charge in [-0.05, 0) is 31.5 Å². The Balaban J connectivity index is 0.00000208. The van der Waals surface area contributed by atoms with E-state index in [1.54, 1.807) is 7.11 Å². The van der Waals surface area contributed by atoms with Crippen LogP contribution in [0.5, 0.6) is 0 Å². The van der Waals surface area contributed by atoms with Crippen molar-refractivity contribution in [3.05, 3.63) is 29.8 Å². The lowest BCUT2D eigenvalue weighted by Gasteiger charge is -2.40. The number of halogens is 1. The SMILES string of the molecule is COCC1(C(=O)N2CCN(c3ccccc3C)CC2)CCNC1.Cl. The van der Waals surface area contributed by atoms with Gasteiger partial charge in [-0.3, -0.25) is 4.79 Å². The lowest BCUT2D eigenvalue weighted by Crippen LogP contribution is -2.55. The molecule has 1 atom stereocenters. The van der Waals surface area contributed by atoms with Crippen LogP contribution in [-0.4, -0.2) is 63.8 Å². The summed E-state index contributed by atoms with van der Waals surface area (Å²) in [5.41, 5.74) is 2.22. The predicted molar refractivity (Wildman–Crippen MR) is 99.0 cm³/mol. The van der Waals surface area contributed by atoms with Crippen molar-refractivity contribution < 1.29 is 9.53 Å². The molecule has 3 rings (SSSR count). The minimum atomic E-state index is -0.362. The first-order valence-electron chi connectivity index (χ1n) is 8.46.